The first-order valence-corrected chi connectivity index (χ1v) is 13.6. The fraction of sp³-hybridized carbons (Fsp3) is 0.533. The number of benzene rings is 2. The monoisotopic (exact) mass is 474 g/mol. The van der Waals surface area contributed by atoms with Crippen molar-refractivity contribution in [3.05, 3.63) is 65.2 Å². The molecule has 2 aliphatic carbocycles. The second-order valence-electron chi connectivity index (χ2n) is 10.3. The highest BCUT2D eigenvalue weighted by atomic mass is 16.5. The smallest absolute Gasteiger partial charge is 0.250 e. The van der Waals surface area contributed by atoms with Gasteiger partial charge in [0.15, 0.2) is 0 Å². The molecule has 5 heteroatoms. The highest BCUT2D eigenvalue weighted by Crippen LogP contribution is 2.42. The molecule has 186 valence electrons. The molecular formula is C30H38N2O3. The van der Waals surface area contributed by atoms with Crippen LogP contribution in [0, 0.1) is 0 Å². The number of fused-ring (bicyclic) bond motifs is 1. The van der Waals surface area contributed by atoms with E-state index in [9.17, 15) is 9.59 Å². The SMILES string of the molecule is CCCCOc1ccc([C@H]2C(=O)N(C3CCCCC3)CC(=O)N2[C@H]2CCCc3ccccc32)cc1. The third kappa shape index (κ3) is 4.96. The first kappa shape index (κ1) is 23.9. The molecule has 0 unspecified atom stereocenters. The van der Waals surface area contributed by atoms with Gasteiger partial charge in [0.2, 0.25) is 5.91 Å². The molecule has 5 rings (SSSR count). The molecule has 1 heterocycles. The number of unbranched alkanes of at least 4 members (excludes halogenated alkanes) is 1. The summed E-state index contributed by atoms with van der Waals surface area (Å²) in [4.78, 5) is 31.8. The lowest BCUT2D eigenvalue weighted by atomic mass is 9.84. The number of piperazine rings is 1. The van der Waals surface area contributed by atoms with Gasteiger partial charge >= 0.3 is 0 Å². The second kappa shape index (κ2) is 10.8. The van der Waals surface area contributed by atoms with Crippen molar-refractivity contribution in [2.24, 2.45) is 0 Å². The summed E-state index contributed by atoms with van der Waals surface area (Å²) in [6.45, 7) is 3.04. The number of rotatable bonds is 7. The normalized spacial score (nSPS) is 23.3. The van der Waals surface area contributed by atoms with Gasteiger partial charge in [-0.25, -0.2) is 0 Å². The molecule has 0 radical (unpaired) electrons. The summed E-state index contributed by atoms with van der Waals surface area (Å²) in [5, 5.41) is 0. The van der Waals surface area contributed by atoms with Crippen LogP contribution in [0.2, 0.25) is 0 Å². The van der Waals surface area contributed by atoms with Crippen molar-refractivity contribution in [3.63, 3.8) is 0 Å². The first-order chi connectivity index (χ1) is 17.2. The number of hydrogen-bond acceptors (Lipinski definition) is 3. The van der Waals surface area contributed by atoms with E-state index < -0.39 is 6.04 Å². The van der Waals surface area contributed by atoms with Crippen LogP contribution < -0.4 is 4.74 Å². The van der Waals surface area contributed by atoms with Crippen molar-refractivity contribution in [1.82, 2.24) is 9.80 Å². The molecule has 1 saturated carbocycles. The molecule has 35 heavy (non-hydrogen) atoms. The van der Waals surface area contributed by atoms with Crippen LogP contribution >= 0.6 is 0 Å². The van der Waals surface area contributed by atoms with E-state index in [0.29, 0.717) is 6.61 Å². The van der Waals surface area contributed by atoms with Crippen LogP contribution in [0.25, 0.3) is 0 Å². The summed E-state index contributed by atoms with van der Waals surface area (Å²) in [7, 11) is 0. The number of nitrogens with zero attached hydrogens (tertiary/aromatic N) is 2. The minimum absolute atomic E-state index is 0.0598. The molecule has 2 fully saturated rings. The predicted molar refractivity (Wildman–Crippen MR) is 137 cm³/mol. The number of ether oxygens (including phenoxy) is 1. The number of amides is 2. The number of carbonyl (C=O) groups is 2. The maximum Gasteiger partial charge on any atom is 0.250 e. The van der Waals surface area contributed by atoms with Crippen LogP contribution in [0.3, 0.4) is 0 Å². The topological polar surface area (TPSA) is 49.9 Å². The van der Waals surface area contributed by atoms with Gasteiger partial charge in [0.1, 0.15) is 18.3 Å². The Kier molecular flexibility index (Phi) is 7.40. The minimum atomic E-state index is -0.584. The lowest BCUT2D eigenvalue weighted by Crippen LogP contribution is -2.59. The average Bonchev–Trinajstić information content (AvgIpc) is 2.90. The van der Waals surface area contributed by atoms with E-state index in [2.05, 4.69) is 31.2 Å². The summed E-state index contributed by atoms with van der Waals surface area (Å²) in [6.07, 6.45) is 10.6. The van der Waals surface area contributed by atoms with Crippen LogP contribution in [0.5, 0.6) is 5.75 Å². The Balaban J connectivity index is 1.49. The summed E-state index contributed by atoms with van der Waals surface area (Å²) in [6, 6.07) is 15.9. The standard InChI is InChI=1S/C30H38N2O3/c1-2-3-20-35-25-18-16-23(17-19-25)29-30(34)31(24-12-5-4-6-13-24)21-28(33)32(29)27-15-9-11-22-10-7-8-14-26(22)27/h7-8,10,14,16-19,24,27,29H,2-6,9,11-13,15,20-21H2,1H3/t27-,29-/m0/s1. The molecule has 0 N–H and O–H groups in total. The molecule has 1 saturated heterocycles. The van der Waals surface area contributed by atoms with Gasteiger partial charge in [-0.1, -0.05) is 69.0 Å². The van der Waals surface area contributed by atoms with E-state index in [4.69, 9.17) is 4.74 Å². The van der Waals surface area contributed by atoms with Crippen LogP contribution in [0.1, 0.15) is 93.5 Å². The van der Waals surface area contributed by atoms with Crippen molar-refractivity contribution >= 4 is 11.8 Å². The predicted octanol–water partition coefficient (Wildman–Crippen LogP) is 5.99. The van der Waals surface area contributed by atoms with E-state index in [1.54, 1.807) is 0 Å². The largest absolute Gasteiger partial charge is 0.494 e. The summed E-state index contributed by atoms with van der Waals surface area (Å²) < 4.78 is 5.87. The van der Waals surface area contributed by atoms with E-state index in [1.807, 2.05) is 34.1 Å². The third-order valence-corrected chi connectivity index (χ3v) is 8.04. The van der Waals surface area contributed by atoms with Gasteiger partial charge < -0.3 is 14.5 Å². The van der Waals surface area contributed by atoms with Gasteiger partial charge in [-0.05, 0) is 67.3 Å². The van der Waals surface area contributed by atoms with E-state index in [-0.39, 0.29) is 30.4 Å². The number of hydrogen-bond donors (Lipinski definition) is 0. The molecular weight excluding hydrogens is 436 g/mol. The van der Waals surface area contributed by atoms with Crippen molar-refractivity contribution < 1.29 is 14.3 Å². The first-order valence-electron chi connectivity index (χ1n) is 13.6. The van der Waals surface area contributed by atoms with Gasteiger partial charge in [0.05, 0.1) is 12.6 Å². The Bertz CT molecular complexity index is 1030. The Hall–Kier alpha value is -2.82. The summed E-state index contributed by atoms with van der Waals surface area (Å²) >= 11 is 0. The zero-order valence-electron chi connectivity index (χ0n) is 21.0. The lowest BCUT2D eigenvalue weighted by molar-refractivity contribution is -0.162. The van der Waals surface area contributed by atoms with Crippen molar-refractivity contribution in [1.29, 1.82) is 0 Å². The zero-order valence-corrected chi connectivity index (χ0v) is 21.0. The Morgan fingerprint density at radius 1 is 0.914 bits per heavy atom. The molecule has 0 bridgehead atoms. The average molecular weight is 475 g/mol. The summed E-state index contributed by atoms with van der Waals surface area (Å²) in [5.74, 6) is 0.972. The van der Waals surface area contributed by atoms with Crippen molar-refractivity contribution in [2.75, 3.05) is 13.2 Å². The molecule has 2 aromatic carbocycles. The minimum Gasteiger partial charge on any atom is -0.494 e. The van der Waals surface area contributed by atoms with E-state index in [0.717, 1.165) is 69.1 Å². The fourth-order valence-electron chi connectivity index (χ4n) is 6.18. The van der Waals surface area contributed by atoms with Gasteiger partial charge in [-0.2, -0.15) is 0 Å². The molecule has 2 aromatic rings. The van der Waals surface area contributed by atoms with Gasteiger partial charge in [0, 0.05) is 6.04 Å². The lowest BCUT2D eigenvalue weighted by Gasteiger charge is -2.48. The van der Waals surface area contributed by atoms with Gasteiger partial charge in [-0.3, -0.25) is 9.59 Å². The third-order valence-electron chi connectivity index (χ3n) is 8.04. The van der Waals surface area contributed by atoms with E-state index in [1.165, 1.54) is 17.5 Å². The Labute approximate surface area is 209 Å². The van der Waals surface area contributed by atoms with Crippen LogP contribution in [0.4, 0.5) is 0 Å². The molecule has 0 spiro atoms. The summed E-state index contributed by atoms with van der Waals surface area (Å²) in [5.41, 5.74) is 3.39. The van der Waals surface area contributed by atoms with Crippen molar-refractivity contribution in [2.45, 2.75) is 89.3 Å². The number of carbonyl (C=O) groups excluding carboxylic acids is 2. The van der Waals surface area contributed by atoms with E-state index >= 15 is 0 Å². The van der Waals surface area contributed by atoms with Crippen LogP contribution in [-0.4, -0.2) is 40.8 Å². The molecule has 0 aromatic heterocycles. The maximum absolute atomic E-state index is 14.1. The molecule has 2 atom stereocenters. The highest BCUT2D eigenvalue weighted by molar-refractivity contribution is 5.96. The highest BCUT2D eigenvalue weighted by Gasteiger charge is 2.46. The Morgan fingerprint density at radius 2 is 1.69 bits per heavy atom. The Morgan fingerprint density at radius 3 is 2.46 bits per heavy atom. The van der Waals surface area contributed by atoms with Crippen LogP contribution in [-0.2, 0) is 16.0 Å². The molecule has 2 amide bonds. The quantitative estimate of drug-likeness (QED) is 0.463. The molecule has 5 nitrogen and oxygen atoms in total. The van der Waals surface area contributed by atoms with Crippen molar-refractivity contribution in [3.8, 4) is 5.75 Å². The second-order valence-corrected chi connectivity index (χ2v) is 10.3. The maximum atomic E-state index is 14.1. The zero-order chi connectivity index (χ0) is 24.2. The fourth-order valence-corrected chi connectivity index (χ4v) is 6.18. The van der Waals surface area contributed by atoms with Gasteiger partial charge in [-0.15, -0.1) is 0 Å². The van der Waals surface area contributed by atoms with Crippen LogP contribution in [0.15, 0.2) is 48.5 Å². The molecule has 3 aliphatic rings. The molecule has 1 aliphatic heterocycles. The van der Waals surface area contributed by atoms with Gasteiger partial charge in [0.25, 0.3) is 5.91 Å². The number of aryl methyl sites for hydroxylation is 1.